The molecule has 154 valence electrons. The maximum atomic E-state index is 11.8. The Hall–Kier alpha value is -2.84. The summed E-state index contributed by atoms with van der Waals surface area (Å²) in [4.78, 5) is 25.2. The van der Waals surface area contributed by atoms with Crippen LogP contribution in [0.1, 0.15) is 18.4 Å². The van der Waals surface area contributed by atoms with Gasteiger partial charge in [0.05, 0.1) is 18.9 Å². The Morgan fingerprint density at radius 2 is 1.86 bits per heavy atom. The molecule has 0 amide bonds. The smallest absolute Gasteiger partial charge is 0.225 e. The van der Waals surface area contributed by atoms with Crippen LogP contribution in [-0.2, 0) is 11.2 Å². The first-order valence-electron chi connectivity index (χ1n) is 9.89. The SMILES string of the molecule is N=C(N)CC(=O)CCc1cccc(-c2cnc(N3CCN(CCO)CC3)nc2)c1. The number of hydrogen-bond acceptors (Lipinski definition) is 7. The molecule has 29 heavy (non-hydrogen) atoms. The average Bonchev–Trinajstić information content (AvgIpc) is 2.73. The third-order valence-corrected chi connectivity index (χ3v) is 5.05. The van der Waals surface area contributed by atoms with Crippen LogP contribution in [0, 0.1) is 5.41 Å². The van der Waals surface area contributed by atoms with E-state index >= 15 is 0 Å². The number of nitrogens with two attached hydrogens (primary N) is 1. The molecule has 0 bridgehead atoms. The molecule has 2 heterocycles. The number of benzene rings is 1. The highest BCUT2D eigenvalue weighted by Crippen LogP contribution is 2.21. The summed E-state index contributed by atoms with van der Waals surface area (Å²) in [7, 11) is 0. The Balaban J connectivity index is 1.60. The Morgan fingerprint density at radius 1 is 1.14 bits per heavy atom. The van der Waals surface area contributed by atoms with Gasteiger partial charge in [0.2, 0.25) is 5.95 Å². The van der Waals surface area contributed by atoms with E-state index in [1.165, 1.54) is 0 Å². The van der Waals surface area contributed by atoms with Crippen molar-refractivity contribution in [3.63, 3.8) is 0 Å². The number of aliphatic hydroxyl groups excluding tert-OH is 1. The minimum absolute atomic E-state index is 0.0171. The second-order valence-corrected chi connectivity index (χ2v) is 7.27. The van der Waals surface area contributed by atoms with Crippen molar-refractivity contribution < 1.29 is 9.90 Å². The molecule has 3 rings (SSSR count). The molecule has 4 N–H and O–H groups in total. The molecule has 1 fully saturated rings. The molecule has 8 nitrogen and oxygen atoms in total. The van der Waals surface area contributed by atoms with Gasteiger partial charge >= 0.3 is 0 Å². The van der Waals surface area contributed by atoms with E-state index in [0.717, 1.165) is 48.8 Å². The lowest BCUT2D eigenvalue weighted by atomic mass is 10.0. The zero-order valence-corrected chi connectivity index (χ0v) is 16.5. The van der Waals surface area contributed by atoms with Crippen LogP contribution in [0.15, 0.2) is 36.7 Å². The molecule has 1 aliphatic rings. The van der Waals surface area contributed by atoms with Crippen molar-refractivity contribution in [1.82, 2.24) is 14.9 Å². The molecule has 1 aliphatic heterocycles. The van der Waals surface area contributed by atoms with Crippen molar-refractivity contribution in [1.29, 1.82) is 5.41 Å². The van der Waals surface area contributed by atoms with Gasteiger partial charge in [0.15, 0.2) is 0 Å². The lowest BCUT2D eigenvalue weighted by Gasteiger charge is -2.34. The minimum atomic E-state index is -0.0872. The predicted octanol–water partition coefficient (Wildman–Crippen LogP) is 1.09. The zero-order valence-electron chi connectivity index (χ0n) is 16.5. The van der Waals surface area contributed by atoms with E-state index < -0.39 is 0 Å². The number of β-amino-alcohol motifs (C(OH)–C–C–N with tert-alkyl or cyclic N) is 1. The summed E-state index contributed by atoms with van der Waals surface area (Å²) in [6.07, 6.45) is 4.69. The summed E-state index contributed by atoms with van der Waals surface area (Å²) in [5.74, 6) is 0.619. The summed E-state index contributed by atoms with van der Waals surface area (Å²) in [5, 5.41) is 16.2. The Labute approximate surface area is 170 Å². The van der Waals surface area contributed by atoms with Crippen molar-refractivity contribution in [3.05, 3.63) is 42.2 Å². The minimum Gasteiger partial charge on any atom is -0.395 e. The normalized spacial score (nSPS) is 14.7. The lowest BCUT2D eigenvalue weighted by molar-refractivity contribution is -0.117. The molecule has 8 heteroatoms. The molecule has 0 spiro atoms. The molecule has 0 atom stereocenters. The molecular weight excluding hydrogens is 368 g/mol. The number of carbonyl (C=O) groups excluding carboxylic acids is 1. The maximum Gasteiger partial charge on any atom is 0.225 e. The van der Waals surface area contributed by atoms with Crippen LogP contribution in [-0.4, -0.2) is 70.9 Å². The number of nitrogens with one attached hydrogen (secondary N) is 1. The van der Waals surface area contributed by atoms with Gasteiger partial charge in [-0.15, -0.1) is 0 Å². The van der Waals surface area contributed by atoms with Crippen LogP contribution in [0.5, 0.6) is 0 Å². The molecule has 0 unspecified atom stereocenters. The number of ketones is 1. The number of carbonyl (C=O) groups is 1. The topological polar surface area (TPSA) is 119 Å². The Kier molecular flexibility index (Phi) is 7.26. The number of amidine groups is 1. The third kappa shape index (κ3) is 6.07. The van der Waals surface area contributed by atoms with Crippen LogP contribution >= 0.6 is 0 Å². The fourth-order valence-corrected chi connectivity index (χ4v) is 3.44. The summed E-state index contributed by atoms with van der Waals surface area (Å²) >= 11 is 0. The molecular formula is C21H28N6O2. The van der Waals surface area contributed by atoms with Gasteiger partial charge in [-0.25, -0.2) is 9.97 Å². The van der Waals surface area contributed by atoms with Gasteiger partial charge in [0.1, 0.15) is 5.78 Å². The molecule has 1 saturated heterocycles. The first kappa shape index (κ1) is 20.9. The van der Waals surface area contributed by atoms with E-state index in [1.54, 1.807) is 0 Å². The fourth-order valence-electron chi connectivity index (χ4n) is 3.44. The fraction of sp³-hybridized carbons (Fsp3) is 0.429. The molecule has 1 aromatic carbocycles. The molecule has 0 saturated carbocycles. The van der Waals surface area contributed by atoms with Crippen molar-refractivity contribution >= 4 is 17.6 Å². The molecule has 0 aliphatic carbocycles. The van der Waals surface area contributed by atoms with E-state index in [-0.39, 0.29) is 24.6 Å². The van der Waals surface area contributed by atoms with Gasteiger partial charge in [0.25, 0.3) is 0 Å². The number of aromatic nitrogens is 2. The first-order valence-corrected chi connectivity index (χ1v) is 9.89. The first-order chi connectivity index (χ1) is 14.0. The maximum absolute atomic E-state index is 11.8. The number of anilines is 1. The second-order valence-electron chi connectivity index (χ2n) is 7.27. The number of Topliss-reactive ketones (excluding diaryl/α,β-unsaturated/α-hetero) is 1. The summed E-state index contributed by atoms with van der Waals surface area (Å²) < 4.78 is 0. The van der Waals surface area contributed by atoms with Crippen LogP contribution in [0.2, 0.25) is 0 Å². The molecule has 0 radical (unpaired) electrons. The number of hydrogen-bond donors (Lipinski definition) is 3. The number of aliphatic hydroxyl groups is 1. The van der Waals surface area contributed by atoms with E-state index in [1.807, 2.05) is 36.7 Å². The summed E-state index contributed by atoms with van der Waals surface area (Å²) in [6, 6.07) is 8.01. The molecule has 1 aromatic heterocycles. The number of aryl methyl sites for hydroxylation is 1. The highest BCUT2D eigenvalue weighted by atomic mass is 16.3. The van der Waals surface area contributed by atoms with Gasteiger partial charge in [-0.1, -0.05) is 24.3 Å². The summed E-state index contributed by atoms with van der Waals surface area (Å²) in [5.41, 5.74) is 8.29. The lowest BCUT2D eigenvalue weighted by Crippen LogP contribution is -2.47. The van der Waals surface area contributed by atoms with E-state index in [0.29, 0.717) is 19.4 Å². The number of rotatable bonds is 9. The quantitative estimate of drug-likeness (QED) is 0.429. The van der Waals surface area contributed by atoms with Crippen molar-refractivity contribution in [2.24, 2.45) is 5.73 Å². The number of nitrogens with zero attached hydrogens (tertiary/aromatic N) is 4. The van der Waals surface area contributed by atoms with Gasteiger partial charge in [-0.3, -0.25) is 15.1 Å². The predicted molar refractivity (Wildman–Crippen MR) is 113 cm³/mol. The summed E-state index contributed by atoms with van der Waals surface area (Å²) in [6.45, 7) is 4.40. The Bertz CT molecular complexity index is 831. The van der Waals surface area contributed by atoms with Crippen LogP contribution < -0.4 is 10.6 Å². The van der Waals surface area contributed by atoms with Gasteiger partial charge in [-0.05, 0) is 17.5 Å². The van der Waals surface area contributed by atoms with Gasteiger partial charge in [0, 0.05) is 57.1 Å². The monoisotopic (exact) mass is 396 g/mol. The van der Waals surface area contributed by atoms with Crippen LogP contribution in [0.3, 0.4) is 0 Å². The van der Waals surface area contributed by atoms with E-state index in [9.17, 15) is 4.79 Å². The highest BCUT2D eigenvalue weighted by Gasteiger charge is 2.18. The van der Waals surface area contributed by atoms with Crippen molar-refractivity contribution in [3.8, 4) is 11.1 Å². The largest absolute Gasteiger partial charge is 0.395 e. The van der Waals surface area contributed by atoms with Crippen LogP contribution in [0.4, 0.5) is 5.95 Å². The Morgan fingerprint density at radius 3 is 2.52 bits per heavy atom. The third-order valence-electron chi connectivity index (χ3n) is 5.05. The van der Waals surface area contributed by atoms with Crippen molar-refractivity contribution in [2.45, 2.75) is 19.3 Å². The molecule has 2 aromatic rings. The van der Waals surface area contributed by atoms with Gasteiger partial charge in [-0.2, -0.15) is 0 Å². The van der Waals surface area contributed by atoms with Crippen LogP contribution in [0.25, 0.3) is 11.1 Å². The van der Waals surface area contributed by atoms with Crippen molar-refractivity contribution in [2.75, 3.05) is 44.2 Å². The second kappa shape index (κ2) is 10.1. The van der Waals surface area contributed by atoms with E-state index in [4.69, 9.17) is 16.2 Å². The zero-order chi connectivity index (χ0) is 20.6. The van der Waals surface area contributed by atoms with E-state index in [2.05, 4.69) is 19.8 Å². The van der Waals surface area contributed by atoms with Gasteiger partial charge < -0.3 is 15.7 Å². The average molecular weight is 396 g/mol. The number of piperazine rings is 1. The standard InChI is InChI=1S/C21H28N6O2/c22-20(23)13-19(29)5-4-16-2-1-3-17(12-16)18-14-24-21(25-15-18)27-8-6-26(7-9-27)10-11-28/h1-3,12,14-15,28H,4-11,13H2,(H3,22,23). The highest BCUT2D eigenvalue weighted by molar-refractivity contribution is 5.98.